The van der Waals surface area contributed by atoms with Crippen molar-refractivity contribution in [1.82, 2.24) is 9.78 Å². The third-order valence-electron chi connectivity index (χ3n) is 4.49. The van der Waals surface area contributed by atoms with Gasteiger partial charge in [-0.2, -0.15) is 5.10 Å². The van der Waals surface area contributed by atoms with Crippen LogP contribution >= 0.6 is 0 Å². The lowest BCUT2D eigenvalue weighted by atomic mass is 10.1. The molecule has 1 aromatic heterocycles. The van der Waals surface area contributed by atoms with Gasteiger partial charge in [-0.05, 0) is 30.3 Å². The number of carbonyl (C=O) groups is 2. The van der Waals surface area contributed by atoms with Crippen LogP contribution in [0.15, 0.2) is 91.0 Å². The lowest BCUT2D eigenvalue weighted by Gasteiger charge is -2.10. The molecule has 154 valence electrons. The van der Waals surface area contributed by atoms with Gasteiger partial charge in [0.2, 0.25) is 0 Å². The maximum absolute atomic E-state index is 13.1. The number of nitrogens with two attached hydrogens (primary N) is 1. The highest BCUT2D eigenvalue weighted by molar-refractivity contribution is 6.04. The van der Waals surface area contributed by atoms with Crippen molar-refractivity contribution in [2.24, 2.45) is 5.73 Å². The Morgan fingerprint density at radius 2 is 1.61 bits per heavy atom. The fourth-order valence-corrected chi connectivity index (χ4v) is 3.07. The van der Waals surface area contributed by atoms with E-state index in [-0.39, 0.29) is 12.5 Å². The fourth-order valence-electron chi connectivity index (χ4n) is 3.07. The average Bonchev–Trinajstić information content (AvgIpc) is 3.25. The summed E-state index contributed by atoms with van der Waals surface area (Å²) in [5, 5.41) is 7.52. The SMILES string of the molecule is NC(=O)COc1cccc(NC(=O)c2cc(-c3ccccc3)nn2-c2ccccc2)c1. The Balaban J connectivity index is 1.65. The van der Waals surface area contributed by atoms with Crippen molar-refractivity contribution in [3.05, 3.63) is 96.7 Å². The topological polar surface area (TPSA) is 99.2 Å². The number of anilines is 1. The van der Waals surface area contributed by atoms with Gasteiger partial charge in [-0.3, -0.25) is 9.59 Å². The number of rotatable bonds is 7. The third kappa shape index (κ3) is 4.79. The molecule has 0 saturated heterocycles. The molecule has 0 spiro atoms. The molecule has 2 amide bonds. The van der Waals surface area contributed by atoms with Crippen LogP contribution in [0.5, 0.6) is 5.75 Å². The van der Waals surface area contributed by atoms with E-state index in [0.717, 1.165) is 11.3 Å². The molecule has 0 radical (unpaired) electrons. The zero-order chi connectivity index (χ0) is 21.6. The zero-order valence-corrected chi connectivity index (χ0v) is 16.6. The number of para-hydroxylation sites is 1. The van der Waals surface area contributed by atoms with Crippen LogP contribution in [-0.4, -0.2) is 28.2 Å². The average molecular weight is 412 g/mol. The van der Waals surface area contributed by atoms with Crippen molar-refractivity contribution < 1.29 is 14.3 Å². The molecule has 3 aromatic carbocycles. The van der Waals surface area contributed by atoms with E-state index in [4.69, 9.17) is 10.5 Å². The zero-order valence-electron chi connectivity index (χ0n) is 16.6. The summed E-state index contributed by atoms with van der Waals surface area (Å²) in [5.74, 6) is -0.474. The Bertz CT molecular complexity index is 1200. The molecule has 0 aliphatic heterocycles. The molecule has 4 aromatic rings. The minimum atomic E-state index is -0.574. The van der Waals surface area contributed by atoms with Gasteiger partial charge in [-0.1, -0.05) is 54.6 Å². The maximum atomic E-state index is 13.1. The van der Waals surface area contributed by atoms with Gasteiger partial charge >= 0.3 is 0 Å². The molecule has 3 N–H and O–H groups in total. The molecule has 0 bridgehead atoms. The van der Waals surface area contributed by atoms with Gasteiger partial charge in [0.15, 0.2) is 6.61 Å². The number of primary amides is 1. The summed E-state index contributed by atoms with van der Waals surface area (Å²) in [6.45, 7) is -0.237. The first-order valence-electron chi connectivity index (χ1n) is 9.63. The first-order chi connectivity index (χ1) is 15.1. The first-order valence-corrected chi connectivity index (χ1v) is 9.63. The van der Waals surface area contributed by atoms with E-state index in [9.17, 15) is 9.59 Å². The van der Waals surface area contributed by atoms with Gasteiger partial charge < -0.3 is 15.8 Å². The highest BCUT2D eigenvalue weighted by Gasteiger charge is 2.18. The molecule has 0 unspecified atom stereocenters. The van der Waals surface area contributed by atoms with Crippen LogP contribution in [0, 0.1) is 0 Å². The van der Waals surface area contributed by atoms with E-state index < -0.39 is 5.91 Å². The van der Waals surface area contributed by atoms with Crippen molar-refractivity contribution in [3.8, 4) is 22.7 Å². The van der Waals surface area contributed by atoms with Crippen LogP contribution in [0.3, 0.4) is 0 Å². The highest BCUT2D eigenvalue weighted by atomic mass is 16.5. The molecular weight excluding hydrogens is 392 g/mol. The number of ether oxygens (including phenoxy) is 1. The number of hydrogen-bond acceptors (Lipinski definition) is 4. The Hall–Kier alpha value is -4.39. The van der Waals surface area contributed by atoms with Crippen LogP contribution in [-0.2, 0) is 4.79 Å². The van der Waals surface area contributed by atoms with E-state index in [1.54, 1.807) is 35.0 Å². The van der Waals surface area contributed by atoms with Gasteiger partial charge in [0.1, 0.15) is 11.4 Å². The number of carbonyl (C=O) groups excluding carboxylic acids is 2. The van der Waals surface area contributed by atoms with Crippen LogP contribution in [0.4, 0.5) is 5.69 Å². The summed E-state index contributed by atoms with van der Waals surface area (Å²) in [4.78, 5) is 24.1. The van der Waals surface area contributed by atoms with E-state index in [0.29, 0.717) is 22.8 Å². The van der Waals surface area contributed by atoms with Crippen molar-refractivity contribution >= 4 is 17.5 Å². The van der Waals surface area contributed by atoms with Crippen molar-refractivity contribution in [2.75, 3.05) is 11.9 Å². The van der Waals surface area contributed by atoms with E-state index in [2.05, 4.69) is 10.4 Å². The Morgan fingerprint density at radius 1 is 0.903 bits per heavy atom. The summed E-state index contributed by atoms with van der Waals surface area (Å²) in [6, 6.07) is 27.6. The van der Waals surface area contributed by atoms with Gasteiger partial charge in [0.05, 0.1) is 11.4 Å². The largest absolute Gasteiger partial charge is 0.484 e. The van der Waals surface area contributed by atoms with E-state index in [1.807, 2.05) is 60.7 Å². The smallest absolute Gasteiger partial charge is 0.274 e. The van der Waals surface area contributed by atoms with Gasteiger partial charge in [0, 0.05) is 17.3 Å². The lowest BCUT2D eigenvalue weighted by Crippen LogP contribution is -2.20. The number of nitrogens with one attached hydrogen (secondary N) is 1. The molecule has 7 nitrogen and oxygen atoms in total. The Morgan fingerprint density at radius 3 is 2.32 bits per heavy atom. The molecule has 0 saturated carbocycles. The third-order valence-corrected chi connectivity index (χ3v) is 4.49. The van der Waals surface area contributed by atoms with Crippen molar-refractivity contribution in [3.63, 3.8) is 0 Å². The summed E-state index contributed by atoms with van der Waals surface area (Å²) in [7, 11) is 0. The molecule has 31 heavy (non-hydrogen) atoms. The Labute approximate surface area is 179 Å². The lowest BCUT2D eigenvalue weighted by molar-refractivity contribution is -0.119. The van der Waals surface area contributed by atoms with E-state index in [1.165, 1.54) is 0 Å². The normalized spacial score (nSPS) is 10.5. The standard InChI is InChI=1S/C24H20N4O3/c25-23(29)16-31-20-13-7-10-18(14-20)26-24(30)22-15-21(17-8-3-1-4-9-17)27-28(22)19-11-5-2-6-12-19/h1-15H,16H2,(H2,25,29)(H,26,30). The van der Waals surface area contributed by atoms with Gasteiger partial charge in [-0.15, -0.1) is 0 Å². The van der Waals surface area contributed by atoms with Crippen LogP contribution in [0.25, 0.3) is 16.9 Å². The number of benzene rings is 3. The van der Waals surface area contributed by atoms with Crippen LogP contribution in [0.1, 0.15) is 10.5 Å². The minimum Gasteiger partial charge on any atom is -0.484 e. The molecule has 0 aliphatic rings. The summed E-state index contributed by atoms with van der Waals surface area (Å²) in [6.07, 6.45) is 0. The molecule has 0 atom stereocenters. The highest BCUT2D eigenvalue weighted by Crippen LogP contribution is 2.23. The predicted molar refractivity (Wildman–Crippen MR) is 118 cm³/mol. The second-order valence-corrected chi connectivity index (χ2v) is 6.77. The fraction of sp³-hybridized carbons (Fsp3) is 0.0417. The first kappa shape index (κ1) is 19.9. The number of aromatic nitrogens is 2. The summed E-state index contributed by atoms with van der Waals surface area (Å²) in [5.41, 5.74) is 8.39. The maximum Gasteiger partial charge on any atom is 0.274 e. The molecular formula is C24H20N4O3. The number of hydrogen-bond donors (Lipinski definition) is 2. The monoisotopic (exact) mass is 412 g/mol. The van der Waals surface area contributed by atoms with Gasteiger partial charge in [0.25, 0.3) is 11.8 Å². The predicted octanol–water partition coefficient (Wildman–Crippen LogP) is 3.66. The summed E-state index contributed by atoms with van der Waals surface area (Å²) < 4.78 is 6.92. The second-order valence-electron chi connectivity index (χ2n) is 6.77. The summed E-state index contributed by atoms with van der Waals surface area (Å²) >= 11 is 0. The molecule has 1 heterocycles. The number of amides is 2. The van der Waals surface area contributed by atoms with Crippen molar-refractivity contribution in [2.45, 2.75) is 0 Å². The quantitative estimate of drug-likeness (QED) is 0.484. The Kier molecular flexibility index (Phi) is 5.75. The number of nitrogens with zero attached hydrogens (tertiary/aromatic N) is 2. The van der Waals surface area contributed by atoms with E-state index >= 15 is 0 Å². The van der Waals surface area contributed by atoms with Gasteiger partial charge in [-0.25, -0.2) is 4.68 Å². The second kappa shape index (κ2) is 8.96. The molecule has 0 fully saturated rings. The minimum absolute atomic E-state index is 0.237. The van der Waals surface area contributed by atoms with Crippen molar-refractivity contribution in [1.29, 1.82) is 0 Å². The molecule has 4 rings (SSSR count). The molecule has 7 heteroatoms. The molecule has 0 aliphatic carbocycles. The van der Waals surface area contributed by atoms with Crippen LogP contribution < -0.4 is 15.8 Å². The van der Waals surface area contributed by atoms with Crippen LogP contribution in [0.2, 0.25) is 0 Å².